The zero-order valence-corrected chi connectivity index (χ0v) is 13.7. The summed E-state index contributed by atoms with van der Waals surface area (Å²) in [6.45, 7) is 5.29. The largest absolute Gasteiger partial charge is 0.342 e. The molecular weight excluding hydrogens is 260 g/mol. The molecule has 0 aromatic heterocycles. The van der Waals surface area contributed by atoms with Gasteiger partial charge in [0.1, 0.15) is 0 Å². The van der Waals surface area contributed by atoms with Crippen LogP contribution in [0.25, 0.3) is 0 Å². The molecule has 1 unspecified atom stereocenters. The monoisotopic (exact) mass is 292 g/mol. The topological polar surface area (TPSA) is 32.3 Å². The molecule has 0 bridgehead atoms. The molecule has 1 atom stereocenters. The summed E-state index contributed by atoms with van der Waals surface area (Å²) in [6, 6.07) is 0.653. The Balaban J connectivity index is 1.36. The highest BCUT2D eigenvalue weighted by Crippen LogP contribution is 2.31. The predicted molar refractivity (Wildman–Crippen MR) is 86.1 cm³/mol. The summed E-state index contributed by atoms with van der Waals surface area (Å²) in [7, 11) is 0. The number of piperidine rings is 1. The lowest BCUT2D eigenvalue weighted by Gasteiger charge is -2.34. The second-order valence-corrected chi connectivity index (χ2v) is 7.74. The first kappa shape index (κ1) is 15.3. The van der Waals surface area contributed by atoms with Gasteiger partial charge >= 0.3 is 0 Å². The van der Waals surface area contributed by atoms with Crippen molar-refractivity contribution >= 4 is 5.91 Å². The van der Waals surface area contributed by atoms with Crippen LogP contribution in [0.2, 0.25) is 0 Å². The van der Waals surface area contributed by atoms with Crippen molar-refractivity contribution in [3.05, 3.63) is 0 Å². The average molecular weight is 292 g/mol. The molecule has 21 heavy (non-hydrogen) atoms. The van der Waals surface area contributed by atoms with Gasteiger partial charge in [0, 0.05) is 25.0 Å². The van der Waals surface area contributed by atoms with Gasteiger partial charge in [-0.3, -0.25) is 4.79 Å². The highest BCUT2D eigenvalue weighted by molar-refractivity contribution is 5.78. The number of likely N-dealkylation sites (tertiary alicyclic amines) is 1. The van der Waals surface area contributed by atoms with Gasteiger partial charge in [-0.2, -0.15) is 0 Å². The van der Waals surface area contributed by atoms with E-state index < -0.39 is 0 Å². The van der Waals surface area contributed by atoms with Crippen LogP contribution in [-0.2, 0) is 4.79 Å². The Kier molecular flexibility index (Phi) is 5.20. The number of amides is 1. The van der Waals surface area contributed by atoms with Gasteiger partial charge in [0.05, 0.1) is 0 Å². The molecular formula is C18H32N2O. The zero-order chi connectivity index (χ0) is 14.7. The summed E-state index contributed by atoms with van der Waals surface area (Å²) in [5.74, 6) is 2.43. The third-order valence-corrected chi connectivity index (χ3v) is 5.78. The Morgan fingerprint density at radius 1 is 1.05 bits per heavy atom. The molecule has 1 aliphatic heterocycles. The molecule has 0 spiro atoms. The highest BCUT2D eigenvalue weighted by Gasteiger charge is 2.29. The first-order valence-electron chi connectivity index (χ1n) is 9.24. The summed E-state index contributed by atoms with van der Waals surface area (Å²) in [5.41, 5.74) is 0. The molecule has 3 nitrogen and oxygen atoms in total. The van der Waals surface area contributed by atoms with Crippen molar-refractivity contribution in [3.8, 4) is 0 Å². The number of carbonyl (C=O) groups is 1. The van der Waals surface area contributed by atoms with Crippen LogP contribution in [0.5, 0.6) is 0 Å². The molecule has 2 saturated carbocycles. The van der Waals surface area contributed by atoms with Crippen molar-refractivity contribution in [1.29, 1.82) is 0 Å². The van der Waals surface area contributed by atoms with E-state index in [0.29, 0.717) is 11.9 Å². The second-order valence-electron chi connectivity index (χ2n) is 7.74. The minimum absolute atomic E-state index is 0.240. The standard InChI is InChI=1S/C18H32N2O/c1-14(12-15-4-2-3-5-15)18(21)20-10-8-17(9-11-20)19-13-16-6-7-16/h14-17,19H,2-13H2,1H3. The first-order chi connectivity index (χ1) is 10.2. The highest BCUT2D eigenvalue weighted by atomic mass is 16.2. The van der Waals surface area contributed by atoms with Crippen LogP contribution in [0, 0.1) is 17.8 Å². The number of nitrogens with zero attached hydrogens (tertiary/aromatic N) is 1. The van der Waals surface area contributed by atoms with Crippen molar-refractivity contribution in [2.45, 2.75) is 70.8 Å². The normalized spacial score (nSPS) is 26.2. The van der Waals surface area contributed by atoms with E-state index in [2.05, 4.69) is 17.1 Å². The van der Waals surface area contributed by atoms with E-state index in [1.165, 1.54) is 45.1 Å². The maximum absolute atomic E-state index is 12.6. The third kappa shape index (κ3) is 4.45. The van der Waals surface area contributed by atoms with Crippen molar-refractivity contribution in [2.75, 3.05) is 19.6 Å². The number of carbonyl (C=O) groups excluding carboxylic acids is 1. The van der Waals surface area contributed by atoms with Gasteiger partial charge in [-0.25, -0.2) is 0 Å². The van der Waals surface area contributed by atoms with Crippen molar-refractivity contribution < 1.29 is 4.79 Å². The van der Waals surface area contributed by atoms with E-state index in [-0.39, 0.29) is 5.92 Å². The summed E-state index contributed by atoms with van der Waals surface area (Å²) >= 11 is 0. The van der Waals surface area contributed by atoms with Gasteiger partial charge < -0.3 is 10.2 Å². The van der Waals surface area contributed by atoms with E-state index in [1.54, 1.807) is 0 Å². The summed E-state index contributed by atoms with van der Waals surface area (Å²) in [4.78, 5) is 14.7. The lowest BCUT2D eigenvalue weighted by Crippen LogP contribution is -2.47. The first-order valence-corrected chi connectivity index (χ1v) is 9.24. The number of nitrogens with one attached hydrogen (secondary N) is 1. The Hall–Kier alpha value is -0.570. The van der Waals surface area contributed by atoms with Crippen LogP contribution in [0.4, 0.5) is 0 Å². The van der Waals surface area contributed by atoms with E-state index in [4.69, 9.17) is 0 Å². The van der Waals surface area contributed by atoms with Crippen molar-refractivity contribution in [2.24, 2.45) is 17.8 Å². The maximum atomic E-state index is 12.6. The zero-order valence-electron chi connectivity index (χ0n) is 13.7. The third-order valence-electron chi connectivity index (χ3n) is 5.78. The molecule has 0 aromatic carbocycles. The summed E-state index contributed by atoms with van der Waals surface area (Å²) < 4.78 is 0. The quantitative estimate of drug-likeness (QED) is 0.815. The Morgan fingerprint density at radius 3 is 2.33 bits per heavy atom. The van der Waals surface area contributed by atoms with Crippen LogP contribution in [0.3, 0.4) is 0 Å². The lowest BCUT2D eigenvalue weighted by molar-refractivity contribution is -0.136. The smallest absolute Gasteiger partial charge is 0.225 e. The molecule has 3 rings (SSSR count). The van der Waals surface area contributed by atoms with E-state index in [1.807, 2.05) is 0 Å². The fourth-order valence-corrected chi connectivity index (χ4v) is 4.12. The maximum Gasteiger partial charge on any atom is 0.225 e. The number of rotatable bonds is 6. The van der Waals surface area contributed by atoms with E-state index in [0.717, 1.165) is 44.2 Å². The predicted octanol–water partition coefficient (Wildman–Crippen LogP) is 3.19. The Labute approximate surface area is 129 Å². The molecule has 0 radical (unpaired) electrons. The fraction of sp³-hybridized carbons (Fsp3) is 0.944. The molecule has 3 heteroatoms. The Bertz CT molecular complexity index is 339. The molecule has 1 N–H and O–H groups in total. The van der Waals surface area contributed by atoms with Crippen LogP contribution < -0.4 is 5.32 Å². The van der Waals surface area contributed by atoms with Crippen LogP contribution in [0.15, 0.2) is 0 Å². The molecule has 1 amide bonds. The molecule has 120 valence electrons. The molecule has 0 aromatic rings. The van der Waals surface area contributed by atoms with Crippen molar-refractivity contribution in [3.63, 3.8) is 0 Å². The minimum atomic E-state index is 0.240. The van der Waals surface area contributed by atoms with Gasteiger partial charge in [-0.05, 0) is 50.5 Å². The SMILES string of the molecule is CC(CC1CCCC1)C(=O)N1CCC(NCC2CC2)CC1. The van der Waals surface area contributed by atoms with Crippen LogP contribution in [0.1, 0.15) is 64.7 Å². The molecule has 3 aliphatic rings. The van der Waals surface area contributed by atoms with Gasteiger partial charge in [0.2, 0.25) is 5.91 Å². The summed E-state index contributed by atoms with van der Waals surface area (Å²) in [5, 5.41) is 3.69. The van der Waals surface area contributed by atoms with Gasteiger partial charge in [0.25, 0.3) is 0 Å². The van der Waals surface area contributed by atoms with E-state index in [9.17, 15) is 4.79 Å². The van der Waals surface area contributed by atoms with Gasteiger partial charge in [-0.15, -0.1) is 0 Å². The number of hydrogen-bond acceptors (Lipinski definition) is 2. The van der Waals surface area contributed by atoms with Gasteiger partial charge in [0.15, 0.2) is 0 Å². The van der Waals surface area contributed by atoms with E-state index >= 15 is 0 Å². The fourth-order valence-electron chi connectivity index (χ4n) is 4.12. The second kappa shape index (κ2) is 7.13. The lowest BCUT2D eigenvalue weighted by atomic mass is 9.92. The number of hydrogen-bond donors (Lipinski definition) is 1. The van der Waals surface area contributed by atoms with Crippen molar-refractivity contribution in [1.82, 2.24) is 10.2 Å². The van der Waals surface area contributed by atoms with Crippen LogP contribution >= 0.6 is 0 Å². The molecule has 1 heterocycles. The molecule has 1 saturated heterocycles. The van der Waals surface area contributed by atoms with Crippen LogP contribution in [-0.4, -0.2) is 36.5 Å². The van der Waals surface area contributed by atoms with Gasteiger partial charge in [-0.1, -0.05) is 32.6 Å². The molecule has 3 fully saturated rings. The minimum Gasteiger partial charge on any atom is -0.342 e. The summed E-state index contributed by atoms with van der Waals surface area (Å²) in [6.07, 6.45) is 11.7. The average Bonchev–Trinajstić information content (AvgIpc) is 3.20. The Morgan fingerprint density at radius 2 is 1.71 bits per heavy atom. The molecule has 2 aliphatic carbocycles.